The second-order valence-corrected chi connectivity index (χ2v) is 5.08. The number of hydrogen-bond acceptors (Lipinski definition) is 4. The minimum Gasteiger partial charge on any atom is -0.383 e. The van der Waals surface area contributed by atoms with Crippen LogP contribution in [0.3, 0.4) is 0 Å². The molecule has 18 heavy (non-hydrogen) atoms. The predicted molar refractivity (Wildman–Crippen MR) is 70.4 cm³/mol. The average molecular weight is 251 g/mol. The van der Waals surface area contributed by atoms with Gasteiger partial charge in [0.2, 0.25) is 0 Å². The Morgan fingerprint density at radius 1 is 1.33 bits per heavy atom. The van der Waals surface area contributed by atoms with Gasteiger partial charge in [-0.3, -0.25) is 4.79 Å². The average Bonchev–Trinajstić information content (AvgIpc) is 2.71. The lowest BCUT2D eigenvalue weighted by molar-refractivity contribution is 0.0665. The summed E-state index contributed by atoms with van der Waals surface area (Å²) in [6, 6.07) is 0.166. The van der Waals surface area contributed by atoms with Gasteiger partial charge < -0.3 is 15.5 Å². The number of piperazine rings is 1. The first-order valence-corrected chi connectivity index (χ1v) is 6.31. The van der Waals surface area contributed by atoms with E-state index in [2.05, 4.69) is 17.0 Å². The number of likely N-dealkylation sites (N-methyl/N-ethyl adjacent to an activating group) is 1. The number of amides is 1. The predicted octanol–water partition coefficient (Wildman–Crippen LogP) is 0.434. The molecular weight excluding hydrogens is 230 g/mol. The summed E-state index contributed by atoms with van der Waals surface area (Å²) in [7, 11) is 2.06. The third kappa shape index (κ3) is 2.33. The van der Waals surface area contributed by atoms with Gasteiger partial charge in [-0.15, -0.1) is 0 Å². The molecule has 1 saturated heterocycles. The molecule has 2 N–H and O–H groups in total. The highest BCUT2D eigenvalue weighted by Gasteiger charge is 2.24. The third-order valence-electron chi connectivity index (χ3n) is 3.34. The highest BCUT2D eigenvalue weighted by atomic mass is 16.2. The van der Waals surface area contributed by atoms with E-state index >= 15 is 0 Å². The topological polar surface area (TPSA) is 67.4 Å². The van der Waals surface area contributed by atoms with Gasteiger partial charge in [0, 0.05) is 32.2 Å². The molecule has 0 aliphatic carbocycles. The van der Waals surface area contributed by atoms with Crippen molar-refractivity contribution in [1.82, 2.24) is 19.6 Å². The summed E-state index contributed by atoms with van der Waals surface area (Å²) in [5.41, 5.74) is 6.50. The maximum atomic E-state index is 12.3. The fourth-order valence-electron chi connectivity index (χ4n) is 2.13. The fraction of sp³-hybridized carbons (Fsp3) is 0.667. The molecule has 0 aromatic carbocycles. The number of anilines is 1. The van der Waals surface area contributed by atoms with E-state index in [9.17, 15) is 4.79 Å². The maximum Gasteiger partial charge on any atom is 0.259 e. The molecule has 1 aromatic heterocycles. The monoisotopic (exact) mass is 251 g/mol. The number of rotatable bonds is 2. The van der Waals surface area contributed by atoms with E-state index in [1.807, 2.05) is 18.7 Å². The van der Waals surface area contributed by atoms with Crippen molar-refractivity contribution in [2.45, 2.75) is 19.9 Å². The number of nitrogens with two attached hydrogens (primary N) is 1. The van der Waals surface area contributed by atoms with Crippen LogP contribution in [-0.2, 0) is 0 Å². The van der Waals surface area contributed by atoms with Gasteiger partial charge in [-0.05, 0) is 20.9 Å². The summed E-state index contributed by atoms with van der Waals surface area (Å²) in [4.78, 5) is 16.4. The fourth-order valence-corrected chi connectivity index (χ4v) is 2.13. The van der Waals surface area contributed by atoms with Gasteiger partial charge in [-0.1, -0.05) is 0 Å². The van der Waals surface area contributed by atoms with E-state index < -0.39 is 0 Å². The number of aromatic nitrogens is 2. The molecule has 0 spiro atoms. The zero-order valence-electron chi connectivity index (χ0n) is 11.3. The molecule has 100 valence electrons. The van der Waals surface area contributed by atoms with Crippen LogP contribution in [0.1, 0.15) is 30.2 Å². The third-order valence-corrected chi connectivity index (χ3v) is 3.34. The molecular formula is C12H21N5O. The number of hydrogen-bond donors (Lipinski definition) is 1. The second kappa shape index (κ2) is 4.97. The van der Waals surface area contributed by atoms with E-state index in [-0.39, 0.29) is 11.9 Å². The van der Waals surface area contributed by atoms with Crippen LogP contribution >= 0.6 is 0 Å². The minimum absolute atomic E-state index is 0.00694. The zero-order valence-corrected chi connectivity index (χ0v) is 11.3. The summed E-state index contributed by atoms with van der Waals surface area (Å²) in [5, 5.41) is 4.18. The summed E-state index contributed by atoms with van der Waals surface area (Å²) >= 11 is 0. The molecule has 1 aliphatic heterocycles. The lowest BCUT2D eigenvalue weighted by atomic mass is 10.2. The molecule has 6 nitrogen and oxygen atoms in total. The largest absolute Gasteiger partial charge is 0.383 e. The van der Waals surface area contributed by atoms with Crippen LogP contribution in [0, 0.1) is 0 Å². The Bertz CT molecular complexity index is 432. The van der Waals surface area contributed by atoms with Crippen molar-refractivity contribution >= 4 is 11.7 Å². The van der Waals surface area contributed by atoms with Gasteiger partial charge in [-0.2, -0.15) is 5.10 Å². The van der Waals surface area contributed by atoms with Crippen molar-refractivity contribution in [1.29, 1.82) is 0 Å². The number of nitrogen functional groups attached to an aromatic ring is 1. The van der Waals surface area contributed by atoms with E-state index in [1.54, 1.807) is 10.9 Å². The van der Waals surface area contributed by atoms with E-state index in [0.717, 1.165) is 26.2 Å². The number of carbonyl (C=O) groups excluding carboxylic acids is 1. The highest BCUT2D eigenvalue weighted by Crippen LogP contribution is 2.18. The van der Waals surface area contributed by atoms with E-state index in [0.29, 0.717) is 11.4 Å². The van der Waals surface area contributed by atoms with Crippen LogP contribution in [0.25, 0.3) is 0 Å². The van der Waals surface area contributed by atoms with E-state index in [4.69, 9.17) is 5.73 Å². The maximum absolute atomic E-state index is 12.3. The smallest absolute Gasteiger partial charge is 0.259 e. The Hall–Kier alpha value is -1.56. The molecule has 0 radical (unpaired) electrons. The Morgan fingerprint density at radius 2 is 1.94 bits per heavy atom. The molecule has 6 heteroatoms. The van der Waals surface area contributed by atoms with Gasteiger partial charge >= 0.3 is 0 Å². The highest BCUT2D eigenvalue weighted by molar-refractivity contribution is 5.98. The van der Waals surface area contributed by atoms with Crippen molar-refractivity contribution in [3.8, 4) is 0 Å². The SMILES string of the molecule is CC(C)n1ncc(C(=O)N2CCN(C)CC2)c1N. The Kier molecular flexibility index (Phi) is 3.56. The van der Waals surface area contributed by atoms with Crippen LogP contribution < -0.4 is 5.73 Å². The van der Waals surface area contributed by atoms with Gasteiger partial charge in [0.05, 0.1) is 6.20 Å². The molecule has 0 atom stereocenters. The summed E-state index contributed by atoms with van der Waals surface area (Å²) in [5.74, 6) is 0.460. The van der Waals surface area contributed by atoms with Crippen LogP contribution in [0.5, 0.6) is 0 Å². The summed E-state index contributed by atoms with van der Waals surface area (Å²) in [6.07, 6.45) is 1.58. The molecule has 2 heterocycles. The lowest BCUT2D eigenvalue weighted by Gasteiger charge is -2.32. The Morgan fingerprint density at radius 3 is 2.44 bits per heavy atom. The summed E-state index contributed by atoms with van der Waals surface area (Å²) in [6.45, 7) is 7.30. The lowest BCUT2D eigenvalue weighted by Crippen LogP contribution is -2.47. The molecule has 1 fully saturated rings. The van der Waals surface area contributed by atoms with Gasteiger partial charge in [0.1, 0.15) is 11.4 Å². The molecule has 0 unspecified atom stereocenters. The van der Waals surface area contributed by atoms with Crippen molar-refractivity contribution < 1.29 is 4.79 Å². The standard InChI is InChI=1S/C12H21N5O/c1-9(2)17-11(13)10(8-14-17)12(18)16-6-4-15(3)5-7-16/h8-9H,4-7,13H2,1-3H3. The van der Waals surface area contributed by atoms with Gasteiger partial charge in [0.25, 0.3) is 5.91 Å². The van der Waals surface area contributed by atoms with Gasteiger partial charge in [-0.25, -0.2) is 4.68 Å². The van der Waals surface area contributed by atoms with Crippen molar-refractivity contribution in [3.63, 3.8) is 0 Å². The van der Waals surface area contributed by atoms with Crippen molar-refractivity contribution in [2.24, 2.45) is 0 Å². The van der Waals surface area contributed by atoms with Crippen LogP contribution in [0.4, 0.5) is 5.82 Å². The second-order valence-electron chi connectivity index (χ2n) is 5.08. The quantitative estimate of drug-likeness (QED) is 0.828. The van der Waals surface area contributed by atoms with Crippen molar-refractivity contribution in [3.05, 3.63) is 11.8 Å². The number of nitrogens with zero attached hydrogens (tertiary/aromatic N) is 4. The molecule has 2 rings (SSSR count). The van der Waals surface area contributed by atoms with E-state index in [1.165, 1.54) is 0 Å². The molecule has 1 aromatic rings. The minimum atomic E-state index is -0.00694. The first-order chi connectivity index (χ1) is 8.50. The molecule has 1 amide bonds. The van der Waals surface area contributed by atoms with Crippen LogP contribution in [0.15, 0.2) is 6.20 Å². The normalized spacial score (nSPS) is 17.4. The Balaban J connectivity index is 2.14. The molecule has 0 bridgehead atoms. The van der Waals surface area contributed by atoms with Crippen molar-refractivity contribution in [2.75, 3.05) is 39.0 Å². The van der Waals surface area contributed by atoms with Crippen LogP contribution in [0.2, 0.25) is 0 Å². The molecule has 0 saturated carbocycles. The van der Waals surface area contributed by atoms with Crippen LogP contribution in [-0.4, -0.2) is 58.7 Å². The first-order valence-electron chi connectivity index (χ1n) is 6.31. The number of carbonyl (C=O) groups is 1. The van der Waals surface area contributed by atoms with Gasteiger partial charge in [0.15, 0.2) is 0 Å². The molecule has 1 aliphatic rings. The summed E-state index contributed by atoms with van der Waals surface area (Å²) < 4.78 is 1.68. The zero-order chi connectivity index (χ0) is 13.3. The Labute approximate surface area is 107 Å². The first kappa shape index (κ1) is 12.9.